The minimum Gasteiger partial charge on any atom is -0.396 e. The molecule has 2 fully saturated rings. The predicted octanol–water partition coefficient (Wildman–Crippen LogP) is 0.0143. The van der Waals surface area contributed by atoms with Gasteiger partial charge in [-0.3, -0.25) is 4.18 Å². The summed E-state index contributed by atoms with van der Waals surface area (Å²) < 4.78 is 35.5. The van der Waals surface area contributed by atoms with E-state index in [-0.39, 0.29) is 24.0 Å². The van der Waals surface area contributed by atoms with Gasteiger partial charge < -0.3 is 14.6 Å². The normalized spacial score (nSPS) is 24.2. The van der Waals surface area contributed by atoms with Gasteiger partial charge in [-0.1, -0.05) is 13.8 Å². The van der Waals surface area contributed by atoms with Crippen molar-refractivity contribution >= 4 is 10.1 Å². The standard InChI is InChI=1S/C6H12O4S.C5H10O2/c1-6(3-9-4-6)5-10-11(2,7)8;1-5(2-6)3-7-4-5/h3-5H2,1-2H3;6H,2-4H2,1H3. The molecular formula is C11H22O6S. The number of aliphatic hydroxyl groups is 1. The second-order valence-corrected chi connectivity index (χ2v) is 7.38. The molecule has 2 heterocycles. The van der Waals surface area contributed by atoms with Crippen LogP contribution in [0.1, 0.15) is 13.8 Å². The Morgan fingerprint density at radius 2 is 1.56 bits per heavy atom. The van der Waals surface area contributed by atoms with E-state index in [0.717, 1.165) is 19.5 Å². The van der Waals surface area contributed by atoms with Gasteiger partial charge >= 0.3 is 0 Å². The maximum atomic E-state index is 10.6. The Bertz CT molecular complexity index is 350. The van der Waals surface area contributed by atoms with Gasteiger partial charge in [0.15, 0.2) is 0 Å². The van der Waals surface area contributed by atoms with Gasteiger partial charge in [0.2, 0.25) is 0 Å². The molecule has 0 spiro atoms. The third kappa shape index (κ3) is 5.19. The Labute approximate surface area is 108 Å². The highest BCUT2D eigenvalue weighted by Crippen LogP contribution is 2.27. The monoisotopic (exact) mass is 282 g/mol. The van der Waals surface area contributed by atoms with Crippen molar-refractivity contribution in [1.82, 2.24) is 0 Å². The topological polar surface area (TPSA) is 82.1 Å². The summed E-state index contributed by atoms with van der Waals surface area (Å²) in [7, 11) is -3.29. The molecule has 2 aliphatic rings. The van der Waals surface area contributed by atoms with Crippen LogP contribution in [0.25, 0.3) is 0 Å². The summed E-state index contributed by atoms with van der Waals surface area (Å²) in [6.07, 6.45) is 1.05. The summed E-state index contributed by atoms with van der Waals surface area (Å²) >= 11 is 0. The van der Waals surface area contributed by atoms with Gasteiger partial charge in [-0.2, -0.15) is 8.42 Å². The highest BCUT2D eigenvalue weighted by atomic mass is 32.2. The van der Waals surface area contributed by atoms with Gasteiger partial charge in [0, 0.05) is 10.8 Å². The second-order valence-electron chi connectivity index (χ2n) is 5.73. The fourth-order valence-corrected chi connectivity index (χ4v) is 1.82. The maximum Gasteiger partial charge on any atom is 0.264 e. The molecule has 0 radical (unpaired) electrons. The van der Waals surface area contributed by atoms with E-state index in [1.165, 1.54) is 0 Å². The molecule has 6 nitrogen and oxygen atoms in total. The molecule has 0 bridgehead atoms. The summed E-state index contributed by atoms with van der Waals surface area (Å²) in [6, 6.07) is 0. The van der Waals surface area contributed by atoms with E-state index >= 15 is 0 Å². The van der Waals surface area contributed by atoms with Crippen molar-refractivity contribution in [2.75, 3.05) is 45.9 Å². The third-order valence-corrected chi connectivity index (χ3v) is 3.35. The summed E-state index contributed by atoms with van der Waals surface area (Å²) in [5.74, 6) is 0. The van der Waals surface area contributed by atoms with Gasteiger partial charge in [-0.15, -0.1) is 0 Å². The van der Waals surface area contributed by atoms with Crippen molar-refractivity contribution in [2.45, 2.75) is 13.8 Å². The zero-order valence-corrected chi connectivity index (χ0v) is 12.0. The van der Waals surface area contributed by atoms with E-state index in [1.807, 2.05) is 13.8 Å². The molecule has 0 aromatic rings. The highest BCUT2D eigenvalue weighted by Gasteiger charge is 2.34. The summed E-state index contributed by atoms with van der Waals surface area (Å²) in [4.78, 5) is 0. The van der Waals surface area contributed by atoms with Crippen LogP contribution < -0.4 is 0 Å². The predicted molar refractivity (Wildman–Crippen MR) is 65.7 cm³/mol. The van der Waals surface area contributed by atoms with Gasteiger partial charge in [0.25, 0.3) is 10.1 Å². The largest absolute Gasteiger partial charge is 0.396 e. The zero-order valence-electron chi connectivity index (χ0n) is 11.1. The van der Waals surface area contributed by atoms with Crippen molar-refractivity contribution in [2.24, 2.45) is 10.8 Å². The van der Waals surface area contributed by atoms with Crippen LogP contribution in [0.5, 0.6) is 0 Å². The fourth-order valence-electron chi connectivity index (χ4n) is 1.32. The van der Waals surface area contributed by atoms with Crippen LogP contribution >= 0.6 is 0 Å². The molecule has 2 aliphatic heterocycles. The first-order valence-electron chi connectivity index (χ1n) is 5.79. The van der Waals surface area contributed by atoms with Gasteiger partial charge in [-0.05, 0) is 0 Å². The summed E-state index contributed by atoms with van der Waals surface area (Å²) in [5.41, 5.74) is 0.00306. The first kappa shape index (κ1) is 15.8. The van der Waals surface area contributed by atoms with E-state index in [1.54, 1.807) is 0 Å². The Morgan fingerprint density at radius 1 is 1.11 bits per heavy atom. The second kappa shape index (κ2) is 5.83. The van der Waals surface area contributed by atoms with Crippen LogP contribution in [-0.2, 0) is 23.8 Å². The van der Waals surface area contributed by atoms with Crippen LogP contribution in [0.3, 0.4) is 0 Å². The van der Waals surface area contributed by atoms with Gasteiger partial charge in [0.1, 0.15) is 0 Å². The summed E-state index contributed by atoms with van der Waals surface area (Å²) in [6.45, 7) is 7.05. The molecule has 0 aromatic carbocycles. The van der Waals surface area contributed by atoms with Crippen molar-refractivity contribution in [3.05, 3.63) is 0 Å². The number of aliphatic hydroxyl groups excluding tert-OH is 1. The lowest BCUT2D eigenvalue weighted by atomic mass is 9.90. The molecular weight excluding hydrogens is 260 g/mol. The number of hydrogen-bond donors (Lipinski definition) is 1. The molecule has 0 amide bonds. The van der Waals surface area contributed by atoms with Crippen LogP contribution in [0, 0.1) is 10.8 Å². The van der Waals surface area contributed by atoms with Crippen LogP contribution in [0.4, 0.5) is 0 Å². The Balaban J connectivity index is 0.000000199. The highest BCUT2D eigenvalue weighted by molar-refractivity contribution is 7.85. The first-order valence-corrected chi connectivity index (χ1v) is 7.61. The van der Waals surface area contributed by atoms with Gasteiger partial charge in [-0.25, -0.2) is 0 Å². The molecule has 108 valence electrons. The number of ether oxygens (including phenoxy) is 2. The SMILES string of the molecule is CC1(CO)COC1.CC1(COS(C)(=O)=O)COC1. The van der Waals surface area contributed by atoms with Crippen molar-refractivity contribution in [1.29, 1.82) is 0 Å². The van der Waals surface area contributed by atoms with Gasteiger partial charge in [0.05, 0.1) is 45.9 Å². The lowest BCUT2D eigenvalue weighted by Gasteiger charge is -2.36. The smallest absolute Gasteiger partial charge is 0.264 e. The minimum atomic E-state index is -3.29. The molecule has 0 saturated carbocycles. The number of rotatable bonds is 4. The first-order chi connectivity index (χ1) is 8.18. The van der Waals surface area contributed by atoms with Crippen LogP contribution in [0.2, 0.25) is 0 Å². The fraction of sp³-hybridized carbons (Fsp3) is 1.00. The van der Waals surface area contributed by atoms with Crippen molar-refractivity contribution in [3.63, 3.8) is 0 Å². The lowest BCUT2D eigenvalue weighted by molar-refractivity contribution is -0.125. The maximum absolute atomic E-state index is 10.6. The molecule has 1 N–H and O–H groups in total. The Morgan fingerprint density at radius 3 is 1.72 bits per heavy atom. The Hall–Kier alpha value is -0.210. The van der Waals surface area contributed by atoms with E-state index < -0.39 is 10.1 Å². The third-order valence-electron chi connectivity index (χ3n) is 2.81. The Kier molecular flexibility index (Phi) is 5.13. The van der Waals surface area contributed by atoms with Crippen LogP contribution in [0.15, 0.2) is 0 Å². The molecule has 18 heavy (non-hydrogen) atoms. The average Bonchev–Trinajstić information content (AvgIpc) is 2.20. The number of hydrogen-bond acceptors (Lipinski definition) is 6. The summed E-state index contributed by atoms with van der Waals surface area (Å²) in [5, 5.41) is 8.57. The molecule has 0 unspecified atom stereocenters. The molecule has 0 aromatic heterocycles. The minimum absolute atomic E-state index is 0.0942. The quantitative estimate of drug-likeness (QED) is 0.732. The van der Waals surface area contributed by atoms with Crippen molar-refractivity contribution in [3.8, 4) is 0 Å². The molecule has 2 saturated heterocycles. The van der Waals surface area contributed by atoms with E-state index in [4.69, 9.17) is 14.6 Å². The van der Waals surface area contributed by atoms with Crippen molar-refractivity contribution < 1.29 is 27.2 Å². The molecule has 0 atom stereocenters. The molecule has 7 heteroatoms. The van der Waals surface area contributed by atoms with E-state index in [9.17, 15) is 8.42 Å². The molecule has 0 aliphatic carbocycles. The zero-order chi connectivity index (χ0) is 13.9. The average molecular weight is 282 g/mol. The van der Waals surface area contributed by atoms with E-state index in [0.29, 0.717) is 13.2 Å². The van der Waals surface area contributed by atoms with Crippen LogP contribution in [-0.4, -0.2) is 59.4 Å². The lowest BCUT2D eigenvalue weighted by Crippen LogP contribution is -2.43. The van der Waals surface area contributed by atoms with E-state index in [2.05, 4.69) is 4.18 Å². The molecule has 2 rings (SSSR count).